The van der Waals surface area contributed by atoms with E-state index in [0.717, 1.165) is 36.3 Å². The Bertz CT molecular complexity index is 1040. The van der Waals surface area contributed by atoms with E-state index in [1.165, 1.54) is 4.90 Å². The number of imide groups is 1. The second-order valence-corrected chi connectivity index (χ2v) is 9.11. The van der Waals surface area contributed by atoms with Gasteiger partial charge in [-0.3, -0.25) is 29.2 Å². The van der Waals surface area contributed by atoms with Crippen LogP contribution in [0.25, 0.3) is 0 Å². The maximum atomic E-state index is 13.9. The molecule has 3 heterocycles. The molecule has 4 rings (SSSR count). The number of hydrogen-bond acceptors (Lipinski definition) is 6. The molecule has 0 N–H and O–H groups in total. The Hall–Kier alpha value is -3.10. The van der Waals surface area contributed by atoms with Crippen molar-refractivity contribution in [3.05, 3.63) is 65.5 Å². The quantitative estimate of drug-likeness (QED) is 0.554. The zero-order valence-corrected chi connectivity index (χ0v) is 19.9. The van der Waals surface area contributed by atoms with E-state index in [2.05, 4.69) is 9.88 Å². The minimum Gasteiger partial charge on any atom is -0.383 e. The van der Waals surface area contributed by atoms with Crippen LogP contribution in [0.2, 0.25) is 0 Å². The van der Waals surface area contributed by atoms with Crippen molar-refractivity contribution in [2.24, 2.45) is 0 Å². The second-order valence-electron chi connectivity index (χ2n) is 9.11. The van der Waals surface area contributed by atoms with Gasteiger partial charge in [-0.25, -0.2) is 0 Å². The molecule has 34 heavy (non-hydrogen) atoms. The largest absolute Gasteiger partial charge is 0.383 e. The summed E-state index contributed by atoms with van der Waals surface area (Å²) in [5.41, 5.74) is 1.26. The molecule has 180 valence electrons. The number of benzene rings is 1. The van der Waals surface area contributed by atoms with Crippen molar-refractivity contribution in [3.63, 3.8) is 0 Å². The number of ether oxygens (including phenoxy) is 1. The zero-order chi connectivity index (χ0) is 24.1. The Balaban J connectivity index is 1.57. The third-order valence-corrected chi connectivity index (χ3v) is 6.92. The fourth-order valence-electron chi connectivity index (χ4n) is 5.00. The van der Waals surface area contributed by atoms with Crippen LogP contribution in [0, 0.1) is 6.92 Å². The number of rotatable bonds is 8. The third-order valence-electron chi connectivity index (χ3n) is 6.92. The number of methoxy groups -OCH3 is 1. The number of aromatic nitrogens is 1. The van der Waals surface area contributed by atoms with Crippen LogP contribution < -0.4 is 0 Å². The molecule has 0 unspecified atom stereocenters. The predicted octanol–water partition coefficient (Wildman–Crippen LogP) is 1.77. The molecular weight excluding hydrogens is 432 g/mol. The summed E-state index contributed by atoms with van der Waals surface area (Å²) >= 11 is 0. The van der Waals surface area contributed by atoms with E-state index in [9.17, 15) is 14.4 Å². The Morgan fingerprint density at radius 1 is 1.09 bits per heavy atom. The molecule has 1 atom stereocenters. The molecule has 2 aliphatic rings. The molecule has 8 heteroatoms. The smallest absolute Gasteiger partial charge is 0.241 e. The number of carbonyl (C=O) groups excluding carboxylic acids is 3. The summed E-state index contributed by atoms with van der Waals surface area (Å²) in [4.78, 5) is 50.0. The van der Waals surface area contributed by atoms with Gasteiger partial charge in [0.15, 0.2) is 0 Å². The van der Waals surface area contributed by atoms with Gasteiger partial charge < -0.3 is 9.64 Å². The number of nitrogens with zero attached hydrogens (tertiary/aromatic N) is 4. The molecule has 0 bridgehead atoms. The number of likely N-dealkylation sites (tertiary alicyclic amines) is 1. The summed E-state index contributed by atoms with van der Waals surface area (Å²) in [5, 5.41) is 0. The van der Waals surface area contributed by atoms with E-state index in [4.69, 9.17) is 4.74 Å². The van der Waals surface area contributed by atoms with Crippen LogP contribution in [0.3, 0.4) is 0 Å². The Morgan fingerprint density at radius 3 is 2.53 bits per heavy atom. The lowest BCUT2D eigenvalue weighted by Crippen LogP contribution is -2.51. The van der Waals surface area contributed by atoms with Crippen molar-refractivity contribution < 1.29 is 19.1 Å². The SMILES string of the molecule is COCCN1CCN(C(=O)C[C@]2(c3ccccc3C)CC(=O)N(Cc3cccnc3)C2=O)CC1. The van der Waals surface area contributed by atoms with Crippen molar-refractivity contribution in [2.45, 2.75) is 31.7 Å². The first-order valence-electron chi connectivity index (χ1n) is 11.7. The highest BCUT2D eigenvalue weighted by molar-refractivity contribution is 6.10. The van der Waals surface area contributed by atoms with Crippen LogP contribution in [-0.2, 0) is 31.1 Å². The monoisotopic (exact) mass is 464 g/mol. The van der Waals surface area contributed by atoms with Crippen molar-refractivity contribution in [1.29, 1.82) is 0 Å². The van der Waals surface area contributed by atoms with Crippen LogP contribution in [0.5, 0.6) is 0 Å². The van der Waals surface area contributed by atoms with E-state index in [1.807, 2.05) is 42.2 Å². The van der Waals surface area contributed by atoms with Crippen LogP contribution >= 0.6 is 0 Å². The molecule has 0 radical (unpaired) electrons. The van der Waals surface area contributed by atoms with Crippen LogP contribution in [-0.4, -0.2) is 83.8 Å². The number of piperazine rings is 1. The Labute approximate surface area is 200 Å². The van der Waals surface area contributed by atoms with Crippen molar-refractivity contribution in [3.8, 4) is 0 Å². The van der Waals surface area contributed by atoms with Crippen LogP contribution in [0.4, 0.5) is 0 Å². The first-order chi connectivity index (χ1) is 16.4. The first kappa shape index (κ1) is 24.0. The Kier molecular flexibility index (Phi) is 7.38. The van der Waals surface area contributed by atoms with Gasteiger partial charge in [-0.1, -0.05) is 30.3 Å². The molecule has 2 aromatic rings. The molecule has 2 fully saturated rings. The lowest BCUT2D eigenvalue weighted by molar-refractivity contribution is -0.143. The molecular formula is C26H32N4O4. The van der Waals surface area contributed by atoms with E-state index >= 15 is 0 Å². The third kappa shape index (κ3) is 4.88. The first-order valence-corrected chi connectivity index (χ1v) is 11.7. The molecule has 1 aromatic heterocycles. The van der Waals surface area contributed by atoms with Gasteiger partial charge in [0.05, 0.1) is 18.6 Å². The van der Waals surface area contributed by atoms with Gasteiger partial charge in [-0.05, 0) is 29.7 Å². The fraction of sp³-hybridized carbons (Fsp3) is 0.462. The van der Waals surface area contributed by atoms with Gasteiger partial charge in [-0.2, -0.15) is 0 Å². The highest BCUT2D eigenvalue weighted by Gasteiger charge is 2.54. The fourth-order valence-corrected chi connectivity index (χ4v) is 5.00. The average molecular weight is 465 g/mol. The topological polar surface area (TPSA) is 83.1 Å². The number of amides is 3. The molecule has 8 nitrogen and oxygen atoms in total. The van der Waals surface area contributed by atoms with Crippen molar-refractivity contribution in [2.75, 3.05) is 46.4 Å². The number of carbonyl (C=O) groups is 3. The summed E-state index contributed by atoms with van der Waals surface area (Å²) in [6, 6.07) is 11.2. The highest BCUT2D eigenvalue weighted by Crippen LogP contribution is 2.42. The maximum Gasteiger partial charge on any atom is 0.241 e. The van der Waals surface area contributed by atoms with Gasteiger partial charge in [0.2, 0.25) is 17.7 Å². The summed E-state index contributed by atoms with van der Waals surface area (Å²) < 4.78 is 5.16. The molecule has 0 spiro atoms. The lowest BCUT2D eigenvalue weighted by atomic mass is 9.74. The standard InChI is InChI=1S/C26H32N4O4/c1-20-6-3-4-8-22(20)26(16-23(31)29-12-10-28(11-13-29)14-15-34-2)17-24(32)30(25(26)33)19-21-7-5-9-27-18-21/h3-9,18H,10-17,19H2,1-2H3/t26-/m1/s1. The van der Waals surface area contributed by atoms with Gasteiger partial charge in [0, 0.05) is 65.1 Å². The summed E-state index contributed by atoms with van der Waals surface area (Å²) in [5.74, 6) is -0.643. The van der Waals surface area contributed by atoms with Crippen LogP contribution in [0.1, 0.15) is 29.5 Å². The molecule has 1 aromatic carbocycles. The predicted molar refractivity (Wildman–Crippen MR) is 127 cm³/mol. The number of aryl methyl sites for hydroxylation is 1. The Morgan fingerprint density at radius 2 is 1.85 bits per heavy atom. The lowest BCUT2D eigenvalue weighted by Gasteiger charge is -2.37. The molecule has 3 amide bonds. The minimum absolute atomic E-state index is 0.00348. The summed E-state index contributed by atoms with van der Waals surface area (Å²) in [7, 11) is 1.68. The number of pyridine rings is 1. The van der Waals surface area contributed by atoms with E-state index in [0.29, 0.717) is 19.7 Å². The van der Waals surface area contributed by atoms with Gasteiger partial charge in [0.25, 0.3) is 0 Å². The van der Waals surface area contributed by atoms with E-state index in [1.54, 1.807) is 25.6 Å². The molecule has 2 aliphatic heterocycles. The summed E-state index contributed by atoms with van der Waals surface area (Å²) in [6.07, 6.45) is 3.30. The zero-order valence-electron chi connectivity index (χ0n) is 19.9. The van der Waals surface area contributed by atoms with Gasteiger partial charge in [-0.15, -0.1) is 0 Å². The van der Waals surface area contributed by atoms with E-state index < -0.39 is 5.41 Å². The van der Waals surface area contributed by atoms with Crippen LogP contribution in [0.15, 0.2) is 48.8 Å². The van der Waals surface area contributed by atoms with Crippen molar-refractivity contribution >= 4 is 17.7 Å². The van der Waals surface area contributed by atoms with Crippen molar-refractivity contribution in [1.82, 2.24) is 19.7 Å². The van der Waals surface area contributed by atoms with Gasteiger partial charge in [0.1, 0.15) is 0 Å². The normalized spacial score (nSPS) is 21.4. The number of hydrogen-bond donors (Lipinski definition) is 0. The molecule has 0 aliphatic carbocycles. The highest BCUT2D eigenvalue weighted by atomic mass is 16.5. The second kappa shape index (κ2) is 10.4. The molecule has 0 saturated carbocycles. The van der Waals surface area contributed by atoms with Gasteiger partial charge >= 0.3 is 0 Å². The molecule has 2 saturated heterocycles. The summed E-state index contributed by atoms with van der Waals surface area (Å²) in [6.45, 7) is 6.33. The maximum absolute atomic E-state index is 13.9. The minimum atomic E-state index is -1.19. The average Bonchev–Trinajstić information content (AvgIpc) is 3.08. The van der Waals surface area contributed by atoms with E-state index in [-0.39, 0.29) is 37.1 Å².